The van der Waals surface area contributed by atoms with Crippen LogP contribution in [0.1, 0.15) is 19.3 Å². The van der Waals surface area contributed by atoms with E-state index in [4.69, 9.17) is 21.1 Å². The van der Waals surface area contributed by atoms with Gasteiger partial charge in [-0.3, -0.25) is 0 Å². The monoisotopic (exact) mass is 321 g/mol. The molecule has 2 heterocycles. The number of nitrogens with zero attached hydrogens (tertiary/aromatic N) is 2. The molecule has 2 aromatic rings. The van der Waals surface area contributed by atoms with Gasteiger partial charge in [0.2, 0.25) is 0 Å². The van der Waals surface area contributed by atoms with Crippen molar-refractivity contribution in [1.82, 2.24) is 15.3 Å². The molecule has 1 N–H and O–H groups in total. The van der Waals surface area contributed by atoms with Crippen LogP contribution in [0.25, 0.3) is 10.9 Å². The Kier molecular flexibility index (Phi) is 4.95. The van der Waals surface area contributed by atoms with Crippen LogP contribution in [0, 0.1) is 5.92 Å². The Morgan fingerprint density at radius 1 is 1.32 bits per heavy atom. The van der Waals surface area contributed by atoms with Gasteiger partial charge in [-0.05, 0) is 44.3 Å². The third-order valence-corrected chi connectivity index (χ3v) is 4.35. The highest BCUT2D eigenvalue weighted by Crippen LogP contribution is 2.33. The summed E-state index contributed by atoms with van der Waals surface area (Å²) in [6.07, 6.45) is 4.96. The number of rotatable bonds is 6. The van der Waals surface area contributed by atoms with E-state index >= 15 is 0 Å². The molecular formula is C16H20ClN3O2. The van der Waals surface area contributed by atoms with Crippen LogP contribution in [0.3, 0.4) is 0 Å². The third kappa shape index (κ3) is 3.42. The van der Waals surface area contributed by atoms with E-state index in [0.717, 1.165) is 36.3 Å². The molecule has 118 valence electrons. The third-order valence-electron chi connectivity index (χ3n) is 4.05. The topological polar surface area (TPSA) is 56.3 Å². The molecule has 22 heavy (non-hydrogen) atoms. The summed E-state index contributed by atoms with van der Waals surface area (Å²) in [5.74, 6) is 2.15. The first-order chi connectivity index (χ1) is 10.8. The minimum atomic E-state index is 0.420. The second kappa shape index (κ2) is 7.11. The fraction of sp³-hybridized carbons (Fsp3) is 0.500. The van der Waals surface area contributed by atoms with Crippen LogP contribution in [0.15, 0.2) is 18.5 Å². The van der Waals surface area contributed by atoms with Crippen molar-refractivity contribution in [2.75, 3.05) is 26.8 Å². The molecule has 1 unspecified atom stereocenters. The van der Waals surface area contributed by atoms with Crippen LogP contribution in [0.4, 0.5) is 0 Å². The number of aromatic nitrogens is 2. The van der Waals surface area contributed by atoms with Crippen molar-refractivity contribution in [2.24, 2.45) is 5.92 Å². The molecule has 1 atom stereocenters. The lowest BCUT2D eigenvalue weighted by Crippen LogP contribution is -2.10. The van der Waals surface area contributed by atoms with E-state index in [9.17, 15) is 0 Å². The first kappa shape index (κ1) is 15.3. The Hall–Kier alpha value is -1.59. The lowest BCUT2D eigenvalue weighted by atomic mass is 10.0. The van der Waals surface area contributed by atoms with Gasteiger partial charge >= 0.3 is 0 Å². The lowest BCUT2D eigenvalue weighted by Gasteiger charge is -2.13. The highest BCUT2D eigenvalue weighted by atomic mass is 35.5. The van der Waals surface area contributed by atoms with Crippen molar-refractivity contribution in [3.05, 3.63) is 23.6 Å². The maximum absolute atomic E-state index is 6.08. The zero-order chi connectivity index (χ0) is 15.4. The van der Waals surface area contributed by atoms with Gasteiger partial charge in [-0.25, -0.2) is 9.97 Å². The normalized spacial score (nSPS) is 17.8. The van der Waals surface area contributed by atoms with E-state index in [1.807, 2.05) is 12.1 Å². The summed E-state index contributed by atoms with van der Waals surface area (Å²) in [5.41, 5.74) is 0.760. The number of nitrogens with one attached hydrogen (secondary N) is 1. The number of ether oxygens (including phenoxy) is 2. The molecule has 1 aliphatic heterocycles. The zero-order valence-corrected chi connectivity index (χ0v) is 13.4. The Morgan fingerprint density at radius 2 is 2.23 bits per heavy atom. The molecule has 3 rings (SSSR count). The summed E-state index contributed by atoms with van der Waals surface area (Å²) in [7, 11) is 1.62. The Labute approximate surface area is 135 Å². The zero-order valence-electron chi connectivity index (χ0n) is 12.6. The summed E-state index contributed by atoms with van der Waals surface area (Å²) < 4.78 is 11.3. The number of hydrogen-bond donors (Lipinski definition) is 1. The molecule has 0 aliphatic carbocycles. The Balaban J connectivity index is 1.66. The van der Waals surface area contributed by atoms with Crippen molar-refractivity contribution in [1.29, 1.82) is 0 Å². The van der Waals surface area contributed by atoms with Gasteiger partial charge in [0.15, 0.2) is 11.5 Å². The molecular weight excluding hydrogens is 302 g/mol. The van der Waals surface area contributed by atoms with Crippen molar-refractivity contribution in [3.8, 4) is 11.5 Å². The maximum Gasteiger partial charge on any atom is 0.163 e. The van der Waals surface area contributed by atoms with Gasteiger partial charge in [-0.2, -0.15) is 0 Å². The summed E-state index contributed by atoms with van der Waals surface area (Å²) >= 11 is 6.08. The van der Waals surface area contributed by atoms with E-state index in [-0.39, 0.29) is 0 Å². The summed E-state index contributed by atoms with van der Waals surface area (Å²) in [5, 5.41) is 4.58. The van der Waals surface area contributed by atoms with Crippen molar-refractivity contribution in [3.63, 3.8) is 0 Å². The molecule has 1 fully saturated rings. The predicted octanol–water partition coefficient (Wildman–Crippen LogP) is 3.06. The molecule has 1 saturated heterocycles. The second-order valence-corrected chi connectivity index (χ2v) is 5.89. The van der Waals surface area contributed by atoms with Crippen LogP contribution in [0.2, 0.25) is 5.15 Å². The van der Waals surface area contributed by atoms with Crippen LogP contribution >= 0.6 is 11.6 Å². The van der Waals surface area contributed by atoms with Crippen LogP contribution in [0.5, 0.6) is 11.5 Å². The number of hydrogen-bond acceptors (Lipinski definition) is 5. The Morgan fingerprint density at radius 3 is 3.00 bits per heavy atom. The molecule has 1 aromatic heterocycles. The standard InChI is InChI=1S/C16H20ClN3O2/c1-21-14-7-12-13(19-10-20-16(12)17)8-15(14)22-6-2-3-11-4-5-18-9-11/h7-8,10-11,18H,2-6,9H2,1H3. The fourth-order valence-electron chi connectivity index (χ4n) is 2.82. The average Bonchev–Trinajstić information content (AvgIpc) is 3.04. The molecule has 0 saturated carbocycles. The molecule has 5 nitrogen and oxygen atoms in total. The molecule has 0 bridgehead atoms. The van der Waals surface area contributed by atoms with E-state index < -0.39 is 0 Å². The van der Waals surface area contributed by atoms with Crippen molar-refractivity contribution in [2.45, 2.75) is 19.3 Å². The van der Waals surface area contributed by atoms with E-state index in [0.29, 0.717) is 23.3 Å². The smallest absolute Gasteiger partial charge is 0.163 e. The molecule has 0 spiro atoms. The van der Waals surface area contributed by atoms with Gasteiger partial charge in [0.1, 0.15) is 11.5 Å². The fourth-order valence-corrected chi connectivity index (χ4v) is 3.01. The van der Waals surface area contributed by atoms with Gasteiger partial charge in [0, 0.05) is 11.5 Å². The molecule has 0 radical (unpaired) electrons. The van der Waals surface area contributed by atoms with Crippen molar-refractivity contribution >= 4 is 22.5 Å². The summed E-state index contributed by atoms with van der Waals surface area (Å²) in [6.45, 7) is 2.95. The van der Waals surface area contributed by atoms with E-state index in [1.54, 1.807) is 7.11 Å². The van der Waals surface area contributed by atoms with Crippen molar-refractivity contribution < 1.29 is 9.47 Å². The van der Waals surface area contributed by atoms with E-state index in [2.05, 4.69) is 15.3 Å². The van der Waals surface area contributed by atoms with E-state index in [1.165, 1.54) is 19.2 Å². The van der Waals surface area contributed by atoms with Gasteiger partial charge in [0.05, 0.1) is 19.2 Å². The second-order valence-electron chi connectivity index (χ2n) is 5.53. The van der Waals surface area contributed by atoms with Gasteiger partial charge in [0.25, 0.3) is 0 Å². The predicted molar refractivity (Wildman–Crippen MR) is 86.8 cm³/mol. The van der Waals surface area contributed by atoms with Gasteiger partial charge < -0.3 is 14.8 Å². The highest BCUT2D eigenvalue weighted by Gasteiger charge is 2.14. The number of methoxy groups -OCH3 is 1. The first-order valence-electron chi connectivity index (χ1n) is 7.59. The summed E-state index contributed by atoms with van der Waals surface area (Å²) in [4.78, 5) is 8.21. The average molecular weight is 322 g/mol. The summed E-state index contributed by atoms with van der Waals surface area (Å²) in [6, 6.07) is 3.69. The molecule has 1 aliphatic rings. The molecule has 1 aromatic carbocycles. The number of benzene rings is 1. The van der Waals surface area contributed by atoms with Crippen LogP contribution in [-0.4, -0.2) is 36.8 Å². The molecule has 6 heteroatoms. The Bertz CT molecular complexity index is 645. The number of halogens is 1. The SMILES string of the molecule is COc1cc2c(Cl)ncnc2cc1OCCCC1CCNC1. The van der Waals surface area contributed by atoms with Gasteiger partial charge in [-0.1, -0.05) is 11.6 Å². The largest absolute Gasteiger partial charge is 0.493 e. The quantitative estimate of drug-likeness (QED) is 0.654. The minimum Gasteiger partial charge on any atom is -0.493 e. The lowest BCUT2D eigenvalue weighted by molar-refractivity contribution is 0.278. The minimum absolute atomic E-state index is 0.420. The number of fused-ring (bicyclic) bond motifs is 1. The van der Waals surface area contributed by atoms with Gasteiger partial charge in [-0.15, -0.1) is 0 Å². The highest BCUT2D eigenvalue weighted by molar-refractivity contribution is 6.34. The van der Waals surface area contributed by atoms with Crippen LogP contribution < -0.4 is 14.8 Å². The molecule has 0 amide bonds. The van der Waals surface area contributed by atoms with Crippen LogP contribution in [-0.2, 0) is 0 Å². The maximum atomic E-state index is 6.08. The first-order valence-corrected chi connectivity index (χ1v) is 7.97.